The number of aliphatic hydroxyl groups is 1. The van der Waals surface area contributed by atoms with E-state index in [0.29, 0.717) is 5.92 Å². The average Bonchev–Trinajstić information content (AvgIpc) is 1.88. The van der Waals surface area contributed by atoms with Crippen LogP contribution >= 0.6 is 0 Å². The van der Waals surface area contributed by atoms with Gasteiger partial charge in [-0.1, -0.05) is 19.1 Å². The summed E-state index contributed by atoms with van der Waals surface area (Å²) in [5.41, 5.74) is 0. The maximum atomic E-state index is 9.10. The number of aliphatic hydroxyl groups excluding tert-OH is 1. The van der Waals surface area contributed by atoms with E-state index in [0.717, 1.165) is 12.8 Å². The molecule has 0 saturated carbocycles. The molecule has 1 nitrogen and oxygen atoms in total. The Morgan fingerprint density at radius 2 is 2.00 bits per heavy atom. The van der Waals surface area contributed by atoms with Crippen molar-refractivity contribution in [1.82, 2.24) is 0 Å². The van der Waals surface area contributed by atoms with Crippen molar-refractivity contribution in [1.29, 1.82) is 0 Å². The summed E-state index contributed by atoms with van der Waals surface area (Å²) in [5.74, 6) is 0.427. The topological polar surface area (TPSA) is 20.2 Å². The van der Waals surface area contributed by atoms with Gasteiger partial charge in [-0.15, -0.1) is 0 Å². The van der Waals surface area contributed by atoms with Crippen molar-refractivity contribution in [3.63, 3.8) is 0 Å². The minimum atomic E-state index is -0.162. The first-order valence-electron chi connectivity index (χ1n) is 3.97. The third-order valence-electron chi connectivity index (χ3n) is 1.85. The van der Waals surface area contributed by atoms with Crippen LogP contribution in [0.25, 0.3) is 0 Å². The molecule has 0 heterocycles. The summed E-state index contributed by atoms with van der Waals surface area (Å²) >= 11 is 0. The lowest BCUT2D eigenvalue weighted by Crippen LogP contribution is -2.12. The van der Waals surface area contributed by atoms with Gasteiger partial charge in [-0.25, -0.2) is 0 Å². The lowest BCUT2D eigenvalue weighted by molar-refractivity contribution is 0.130. The van der Waals surface area contributed by atoms with Gasteiger partial charge >= 0.3 is 0 Å². The highest BCUT2D eigenvalue weighted by molar-refractivity contribution is 4.77. The van der Waals surface area contributed by atoms with E-state index in [1.807, 2.05) is 13.8 Å². The van der Waals surface area contributed by atoms with Crippen LogP contribution in [-0.4, -0.2) is 11.2 Å². The Morgan fingerprint density at radius 1 is 1.40 bits per heavy atom. The molecule has 0 aliphatic heterocycles. The van der Waals surface area contributed by atoms with Gasteiger partial charge in [0.25, 0.3) is 0 Å². The Morgan fingerprint density at radius 3 is 2.40 bits per heavy atom. The molecule has 0 aromatic carbocycles. The summed E-state index contributed by atoms with van der Waals surface area (Å²) in [7, 11) is 0. The molecule has 60 valence electrons. The maximum absolute atomic E-state index is 9.10. The smallest absolute Gasteiger partial charge is 0.0537 e. The van der Waals surface area contributed by atoms with Crippen molar-refractivity contribution in [2.24, 2.45) is 5.92 Å². The molecule has 2 unspecified atom stereocenters. The maximum Gasteiger partial charge on any atom is 0.0537 e. The Labute approximate surface area is 63.8 Å². The van der Waals surface area contributed by atoms with Gasteiger partial charge < -0.3 is 5.11 Å². The van der Waals surface area contributed by atoms with Crippen molar-refractivity contribution in [2.75, 3.05) is 0 Å². The van der Waals surface area contributed by atoms with Crippen molar-refractivity contribution in [2.45, 2.75) is 39.7 Å². The van der Waals surface area contributed by atoms with Gasteiger partial charge in [0, 0.05) is 0 Å². The Kier molecular flexibility index (Phi) is 5.32. The quantitative estimate of drug-likeness (QED) is 0.597. The minimum absolute atomic E-state index is 0.162. The zero-order valence-electron chi connectivity index (χ0n) is 7.17. The summed E-state index contributed by atoms with van der Waals surface area (Å²) in [6.45, 7) is 5.95. The molecule has 0 fully saturated rings. The first kappa shape index (κ1) is 9.70. The van der Waals surface area contributed by atoms with E-state index in [-0.39, 0.29) is 6.10 Å². The van der Waals surface area contributed by atoms with Gasteiger partial charge in [-0.05, 0) is 32.6 Å². The molecule has 0 aliphatic rings. The Hall–Kier alpha value is -0.300. The Balaban J connectivity index is 3.30. The zero-order chi connectivity index (χ0) is 7.98. The molecule has 0 amide bonds. The second-order valence-corrected chi connectivity index (χ2v) is 2.86. The normalized spacial score (nSPS) is 17.6. The highest BCUT2D eigenvalue weighted by Gasteiger charge is 2.05. The van der Waals surface area contributed by atoms with Crippen LogP contribution in [-0.2, 0) is 0 Å². The third kappa shape index (κ3) is 4.57. The summed E-state index contributed by atoms with van der Waals surface area (Å²) < 4.78 is 0. The molecule has 0 radical (unpaired) electrons. The fourth-order valence-corrected chi connectivity index (χ4v) is 0.767. The number of hydrogen-bond donors (Lipinski definition) is 1. The highest BCUT2D eigenvalue weighted by Crippen LogP contribution is 2.10. The van der Waals surface area contributed by atoms with Crippen molar-refractivity contribution in [3.05, 3.63) is 12.2 Å². The van der Waals surface area contributed by atoms with E-state index >= 15 is 0 Å². The lowest BCUT2D eigenvalue weighted by Gasteiger charge is -2.12. The summed E-state index contributed by atoms with van der Waals surface area (Å²) in [4.78, 5) is 0. The van der Waals surface area contributed by atoms with Crippen LogP contribution in [0, 0.1) is 5.92 Å². The van der Waals surface area contributed by atoms with Gasteiger partial charge in [0.05, 0.1) is 6.10 Å². The predicted octanol–water partition coefficient (Wildman–Crippen LogP) is 2.36. The van der Waals surface area contributed by atoms with Crippen molar-refractivity contribution in [3.8, 4) is 0 Å². The average molecular weight is 142 g/mol. The van der Waals surface area contributed by atoms with Gasteiger partial charge in [0.15, 0.2) is 0 Å². The van der Waals surface area contributed by atoms with Gasteiger partial charge in [0.1, 0.15) is 0 Å². The number of allylic oxidation sites excluding steroid dienone is 2. The largest absolute Gasteiger partial charge is 0.393 e. The van der Waals surface area contributed by atoms with Gasteiger partial charge in [0.2, 0.25) is 0 Å². The first-order valence-corrected chi connectivity index (χ1v) is 3.97. The standard InChI is InChI=1S/C9H18O/c1-4-5-6-7-8(2)9(3)10/h4-5,8-10H,6-7H2,1-3H3. The van der Waals surface area contributed by atoms with Crippen LogP contribution < -0.4 is 0 Å². The fourth-order valence-electron chi connectivity index (χ4n) is 0.767. The molecule has 0 spiro atoms. The fraction of sp³-hybridized carbons (Fsp3) is 0.778. The molecule has 0 bridgehead atoms. The van der Waals surface area contributed by atoms with Crippen LogP contribution in [0.4, 0.5) is 0 Å². The number of hydrogen-bond acceptors (Lipinski definition) is 1. The SMILES string of the molecule is CC=CCCC(C)C(C)O. The zero-order valence-corrected chi connectivity index (χ0v) is 7.17. The summed E-state index contributed by atoms with van der Waals surface area (Å²) in [6.07, 6.45) is 6.20. The molecule has 1 N–H and O–H groups in total. The van der Waals surface area contributed by atoms with E-state index in [1.165, 1.54) is 0 Å². The molecule has 0 aromatic rings. The predicted molar refractivity (Wildman–Crippen MR) is 44.9 cm³/mol. The first-order chi connectivity index (χ1) is 4.68. The molecular weight excluding hydrogens is 124 g/mol. The molecule has 1 heteroatoms. The van der Waals surface area contributed by atoms with E-state index in [1.54, 1.807) is 0 Å². The van der Waals surface area contributed by atoms with E-state index in [4.69, 9.17) is 5.11 Å². The second kappa shape index (κ2) is 5.48. The monoisotopic (exact) mass is 142 g/mol. The molecule has 0 aromatic heterocycles. The molecule has 10 heavy (non-hydrogen) atoms. The van der Waals surface area contributed by atoms with Crippen LogP contribution in [0.2, 0.25) is 0 Å². The third-order valence-corrected chi connectivity index (χ3v) is 1.85. The highest BCUT2D eigenvalue weighted by atomic mass is 16.3. The van der Waals surface area contributed by atoms with Crippen molar-refractivity contribution < 1.29 is 5.11 Å². The van der Waals surface area contributed by atoms with Gasteiger partial charge in [-0.3, -0.25) is 0 Å². The molecule has 0 aliphatic carbocycles. The summed E-state index contributed by atoms with van der Waals surface area (Å²) in [5, 5.41) is 9.10. The number of rotatable bonds is 4. The molecular formula is C9H18O. The second-order valence-electron chi connectivity index (χ2n) is 2.86. The summed E-state index contributed by atoms with van der Waals surface area (Å²) in [6, 6.07) is 0. The molecule has 2 atom stereocenters. The van der Waals surface area contributed by atoms with Crippen molar-refractivity contribution >= 4 is 0 Å². The Bertz CT molecular complexity index is 94.9. The lowest BCUT2D eigenvalue weighted by atomic mass is 10.0. The van der Waals surface area contributed by atoms with Crippen LogP contribution in [0.5, 0.6) is 0 Å². The van der Waals surface area contributed by atoms with Crippen LogP contribution in [0.1, 0.15) is 33.6 Å². The molecule has 0 rings (SSSR count). The van der Waals surface area contributed by atoms with E-state index in [9.17, 15) is 0 Å². The molecule has 0 saturated heterocycles. The minimum Gasteiger partial charge on any atom is -0.393 e. The van der Waals surface area contributed by atoms with Crippen LogP contribution in [0.15, 0.2) is 12.2 Å². The van der Waals surface area contributed by atoms with E-state index < -0.39 is 0 Å². The van der Waals surface area contributed by atoms with Gasteiger partial charge in [-0.2, -0.15) is 0 Å². The van der Waals surface area contributed by atoms with E-state index in [2.05, 4.69) is 19.1 Å². The van der Waals surface area contributed by atoms with Crippen LogP contribution in [0.3, 0.4) is 0 Å².